The zero-order chi connectivity index (χ0) is 17.9. The largest absolute Gasteiger partial charge is 0.378 e. The summed E-state index contributed by atoms with van der Waals surface area (Å²) in [5.41, 5.74) is 2.50. The van der Waals surface area contributed by atoms with Crippen LogP contribution >= 0.6 is 11.6 Å². The molecule has 140 valence electrons. The molecular weight excluding hydrogens is 348 g/mol. The van der Waals surface area contributed by atoms with Gasteiger partial charge < -0.3 is 19.3 Å². The predicted octanol–water partition coefficient (Wildman–Crippen LogP) is 4.03. The van der Waals surface area contributed by atoms with Crippen LogP contribution in [0.15, 0.2) is 47.8 Å². The Morgan fingerprint density at radius 1 is 1.15 bits per heavy atom. The third-order valence-electron chi connectivity index (χ3n) is 5.16. The molecule has 0 N–H and O–H groups in total. The predicted molar refractivity (Wildman–Crippen MR) is 104 cm³/mol. The summed E-state index contributed by atoms with van der Waals surface area (Å²) >= 11 is 6.06. The molecule has 0 amide bonds. The summed E-state index contributed by atoms with van der Waals surface area (Å²) in [6, 6.07) is 8.12. The topological polar surface area (TPSA) is 24.9 Å². The van der Waals surface area contributed by atoms with Gasteiger partial charge in [-0.2, -0.15) is 0 Å². The molecule has 1 saturated heterocycles. The highest BCUT2D eigenvalue weighted by Crippen LogP contribution is 2.32. The molecule has 5 heteroatoms. The highest BCUT2D eigenvalue weighted by atomic mass is 35.5. The van der Waals surface area contributed by atoms with E-state index in [2.05, 4.69) is 41.0 Å². The standard InChI is InChI=1S/C21H27ClN2O2/c1-16-12-20(23-8-10-25-11-9-23)24(14-17-4-6-19(22)7-5-17)21(13-16)26-15-18-2-3-18/h4-7,12-13,18,21H,2-3,8-11,14-15H2,1H3. The Morgan fingerprint density at radius 2 is 1.88 bits per heavy atom. The molecule has 0 bridgehead atoms. The molecule has 2 aliphatic heterocycles. The molecule has 1 aromatic rings. The van der Waals surface area contributed by atoms with Crippen LogP contribution in [0.1, 0.15) is 25.3 Å². The van der Waals surface area contributed by atoms with Crippen LogP contribution < -0.4 is 0 Å². The Balaban J connectivity index is 1.57. The SMILES string of the molecule is CC1=CC(OCC2CC2)N(Cc2ccc(Cl)cc2)C(N2CCOCC2)=C1. The number of rotatable bonds is 6. The second-order valence-corrected chi connectivity index (χ2v) is 7.87. The lowest BCUT2D eigenvalue weighted by molar-refractivity contribution is -0.0469. The fraction of sp³-hybridized carbons (Fsp3) is 0.524. The number of ether oxygens (including phenoxy) is 2. The number of benzene rings is 1. The van der Waals surface area contributed by atoms with E-state index in [0.717, 1.165) is 50.4 Å². The van der Waals surface area contributed by atoms with Crippen molar-refractivity contribution in [1.29, 1.82) is 0 Å². The third kappa shape index (κ3) is 4.43. The van der Waals surface area contributed by atoms with E-state index >= 15 is 0 Å². The van der Waals surface area contributed by atoms with E-state index in [1.165, 1.54) is 29.8 Å². The van der Waals surface area contributed by atoms with Crippen molar-refractivity contribution in [2.24, 2.45) is 5.92 Å². The molecular formula is C21H27ClN2O2. The molecule has 1 atom stereocenters. The van der Waals surface area contributed by atoms with E-state index in [-0.39, 0.29) is 6.23 Å². The van der Waals surface area contributed by atoms with Crippen LogP contribution in [-0.2, 0) is 16.0 Å². The first kappa shape index (κ1) is 17.9. The fourth-order valence-electron chi connectivity index (χ4n) is 3.46. The molecule has 1 aromatic carbocycles. The summed E-state index contributed by atoms with van der Waals surface area (Å²) in [4.78, 5) is 4.80. The first-order valence-corrected chi connectivity index (χ1v) is 9.92. The van der Waals surface area contributed by atoms with Crippen molar-refractivity contribution in [3.8, 4) is 0 Å². The number of allylic oxidation sites excluding steroid dienone is 2. The number of morpholine rings is 1. The van der Waals surface area contributed by atoms with E-state index in [1.807, 2.05) is 12.1 Å². The zero-order valence-corrected chi connectivity index (χ0v) is 16.1. The Bertz CT molecular complexity index is 676. The lowest BCUT2D eigenvalue weighted by atomic mass is 10.1. The van der Waals surface area contributed by atoms with Crippen molar-refractivity contribution < 1.29 is 9.47 Å². The highest BCUT2D eigenvalue weighted by Gasteiger charge is 2.30. The smallest absolute Gasteiger partial charge is 0.151 e. The maximum atomic E-state index is 6.33. The number of hydrogen-bond acceptors (Lipinski definition) is 4. The molecule has 4 nitrogen and oxygen atoms in total. The van der Waals surface area contributed by atoms with E-state index in [9.17, 15) is 0 Å². The Hall–Kier alpha value is -1.49. The minimum atomic E-state index is -0.0193. The lowest BCUT2D eigenvalue weighted by Gasteiger charge is -2.43. The van der Waals surface area contributed by atoms with Crippen LogP contribution in [0.4, 0.5) is 0 Å². The van der Waals surface area contributed by atoms with E-state index < -0.39 is 0 Å². The summed E-state index contributed by atoms with van der Waals surface area (Å²) in [5.74, 6) is 1.99. The molecule has 0 radical (unpaired) electrons. The molecule has 0 spiro atoms. The molecule has 26 heavy (non-hydrogen) atoms. The second-order valence-electron chi connectivity index (χ2n) is 7.43. The Kier molecular flexibility index (Phi) is 5.53. The van der Waals surface area contributed by atoms with Gasteiger partial charge in [0.25, 0.3) is 0 Å². The Labute approximate surface area is 161 Å². The molecule has 2 fully saturated rings. The summed E-state index contributed by atoms with van der Waals surface area (Å²) < 4.78 is 11.9. The van der Waals surface area contributed by atoms with Gasteiger partial charge in [0.1, 0.15) is 5.82 Å². The summed E-state index contributed by atoms with van der Waals surface area (Å²) in [6.07, 6.45) is 7.10. The van der Waals surface area contributed by atoms with Gasteiger partial charge in [0.15, 0.2) is 6.23 Å². The van der Waals surface area contributed by atoms with E-state index in [0.29, 0.717) is 0 Å². The minimum absolute atomic E-state index is 0.0193. The molecule has 1 unspecified atom stereocenters. The minimum Gasteiger partial charge on any atom is -0.378 e. The summed E-state index contributed by atoms with van der Waals surface area (Å²) in [7, 11) is 0. The zero-order valence-electron chi connectivity index (χ0n) is 15.4. The van der Waals surface area contributed by atoms with Crippen molar-refractivity contribution in [2.45, 2.75) is 32.5 Å². The van der Waals surface area contributed by atoms with E-state index in [4.69, 9.17) is 21.1 Å². The van der Waals surface area contributed by atoms with Crippen molar-refractivity contribution in [1.82, 2.24) is 9.80 Å². The van der Waals surface area contributed by atoms with Gasteiger partial charge in [-0.05, 0) is 61.1 Å². The van der Waals surface area contributed by atoms with Crippen LogP contribution in [0.3, 0.4) is 0 Å². The molecule has 1 aliphatic carbocycles. The van der Waals surface area contributed by atoms with Crippen molar-refractivity contribution in [3.05, 3.63) is 58.4 Å². The normalized spacial score (nSPS) is 23.7. The monoisotopic (exact) mass is 374 g/mol. The maximum absolute atomic E-state index is 6.33. The van der Waals surface area contributed by atoms with Crippen LogP contribution in [0.5, 0.6) is 0 Å². The quantitative estimate of drug-likeness (QED) is 0.750. The first-order chi connectivity index (χ1) is 12.7. The van der Waals surface area contributed by atoms with Gasteiger partial charge in [-0.1, -0.05) is 23.7 Å². The lowest BCUT2D eigenvalue weighted by Crippen LogP contribution is -2.47. The maximum Gasteiger partial charge on any atom is 0.151 e. The van der Waals surface area contributed by atoms with Gasteiger partial charge in [0, 0.05) is 24.7 Å². The summed E-state index contributed by atoms with van der Waals surface area (Å²) in [5, 5.41) is 0.772. The van der Waals surface area contributed by atoms with Gasteiger partial charge in [0.2, 0.25) is 0 Å². The van der Waals surface area contributed by atoms with Crippen LogP contribution in [-0.4, -0.2) is 48.9 Å². The second kappa shape index (κ2) is 8.03. The van der Waals surface area contributed by atoms with Gasteiger partial charge in [-0.25, -0.2) is 0 Å². The first-order valence-electron chi connectivity index (χ1n) is 9.54. The average Bonchev–Trinajstić information content (AvgIpc) is 3.48. The summed E-state index contributed by atoms with van der Waals surface area (Å²) in [6.45, 7) is 7.22. The van der Waals surface area contributed by atoms with Gasteiger partial charge in [-0.15, -0.1) is 0 Å². The van der Waals surface area contributed by atoms with Crippen molar-refractivity contribution in [2.75, 3.05) is 32.9 Å². The van der Waals surface area contributed by atoms with E-state index in [1.54, 1.807) is 0 Å². The van der Waals surface area contributed by atoms with Crippen LogP contribution in [0.25, 0.3) is 0 Å². The Morgan fingerprint density at radius 3 is 2.58 bits per heavy atom. The number of nitrogens with zero attached hydrogens (tertiary/aromatic N) is 2. The average molecular weight is 375 g/mol. The van der Waals surface area contributed by atoms with Gasteiger partial charge in [-0.3, -0.25) is 0 Å². The molecule has 0 aromatic heterocycles. The molecule has 3 aliphatic rings. The number of halogens is 1. The highest BCUT2D eigenvalue weighted by molar-refractivity contribution is 6.30. The molecule has 1 saturated carbocycles. The van der Waals surface area contributed by atoms with Gasteiger partial charge in [0.05, 0.1) is 19.8 Å². The van der Waals surface area contributed by atoms with Crippen molar-refractivity contribution in [3.63, 3.8) is 0 Å². The van der Waals surface area contributed by atoms with Gasteiger partial charge >= 0.3 is 0 Å². The van der Waals surface area contributed by atoms with Crippen molar-refractivity contribution >= 4 is 11.6 Å². The molecule has 2 heterocycles. The molecule has 4 rings (SSSR count). The third-order valence-corrected chi connectivity index (χ3v) is 5.42. The van der Waals surface area contributed by atoms with Crippen LogP contribution in [0.2, 0.25) is 5.02 Å². The number of hydrogen-bond donors (Lipinski definition) is 0. The van der Waals surface area contributed by atoms with Crippen LogP contribution in [0, 0.1) is 5.92 Å². The fourth-order valence-corrected chi connectivity index (χ4v) is 3.59.